The van der Waals surface area contributed by atoms with Crippen LogP contribution in [0.2, 0.25) is 0 Å². The molecule has 0 spiro atoms. The predicted molar refractivity (Wildman–Crippen MR) is 86.7 cm³/mol. The van der Waals surface area contributed by atoms with E-state index >= 15 is 0 Å². The first kappa shape index (κ1) is 22.3. The molecule has 0 aliphatic rings. The Kier molecular flexibility index (Phi) is 12.3. The lowest BCUT2D eigenvalue weighted by molar-refractivity contribution is -0.138. The van der Waals surface area contributed by atoms with E-state index in [1.54, 1.807) is 0 Å². The van der Waals surface area contributed by atoms with E-state index in [-0.39, 0.29) is 12.5 Å². The Hall–Kier alpha value is -0.730. The Balaban J connectivity index is 4.05. The smallest absolute Gasteiger partial charge is 0.222 e. The van der Waals surface area contributed by atoms with E-state index in [4.69, 9.17) is 5.11 Å². The molecule has 1 unspecified atom stereocenters. The Morgan fingerprint density at radius 3 is 2.00 bits per heavy atom. The molecule has 5 N–H and O–H groups in total. The van der Waals surface area contributed by atoms with Gasteiger partial charge in [0.2, 0.25) is 5.91 Å². The van der Waals surface area contributed by atoms with Crippen molar-refractivity contribution in [3.05, 3.63) is 0 Å². The van der Waals surface area contributed by atoms with Crippen molar-refractivity contribution in [1.82, 2.24) is 4.90 Å². The van der Waals surface area contributed by atoms with Gasteiger partial charge >= 0.3 is 0 Å². The van der Waals surface area contributed by atoms with E-state index in [9.17, 15) is 25.2 Å². The molecule has 0 aliphatic heterocycles. The van der Waals surface area contributed by atoms with Crippen LogP contribution in [0.3, 0.4) is 0 Å². The molecule has 23 heavy (non-hydrogen) atoms. The van der Waals surface area contributed by atoms with Gasteiger partial charge in [-0.25, -0.2) is 0 Å². The number of aliphatic hydroxyl groups excluding tert-OH is 5. The highest BCUT2D eigenvalue weighted by molar-refractivity contribution is 5.75. The lowest BCUT2D eigenvalue weighted by Gasteiger charge is -2.28. The first-order valence-electron chi connectivity index (χ1n) is 8.42. The SMILES string of the molecule is CCCCCCCCC(=O)N(C)C[C@H](O)[C@@H](O)[C@H](O)C(O)CO. The Morgan fingerprint density at radius 1 is 0.913 bits per heavy atom. The summed E-state index contributed by atoms with van der Waals surface area (Å²) < 4.78 is 0. The van der Waals surface area contributed by atoms with Crippen LogP contribution >= 0.6 is 0 Å². The largest absolute Gasteiger partial charge is 0.394 e. The second-order valence-corrected chi connectivity index (χ2v) is 6.09. The lowest BCUT2D eigenvalue weighted by Crippen LogP contribution is -2.49. The molecule has 7 heteroatoms. The standard InChI is InChI=1S/C16H33NO6/c1-3-4-5-6-7-8-9-14(21)17(2)10-12(19)15(22)16(23)13(20)11-18/h12-13,15-16,18-20,22-23H,3-11H2,1-2H3/t12-,13?,15+,16+/m0/s1. The number of unbranched alkanes of at least 4 members (excludes halogenated alkanes) is 5. The van der Waals surface area contributed by atoms with Gasteiger partial charge in [0.05, 0.1) is 6.61 Å². The summed E-state index contributed by atoms with van der Waals surface area (Å²) in [6, 6.07) is 0. The van der Waals surface area contributed by atoms with Gasteiger partial charge in [0, 0.05) is 20.0 Å². The van der Waals surface area contributed by atoms with Crippen molar-refractivity contribution < 1.29 is 30.3 Å². The van der Waals surface area contributed by atoms with Crippen LogP contribution in [0.15, 0.2) is 0 Å². The Bertz CT molecular complexity index is 315. The van der Waals surface area contributed by atoms with Crippen molar-refractivity contribution >= 4 is 5.91 Å². The number of nitrogens with zero attached hydrogens (tertiary/aromatic N) is 1. The van der Waals surface area contributed by atoms with Crippen LogP contribution in [-0.4, -0.2) is 81.0 Å². The highest BCUT2D eigenvalue weighted by Gasteiger charge is 2.31. The highest BCUT2D eigenvalue weighted by atomic mass is 16.4. The van der Waals surface area contributed by atoms with Gasteiger partial charge in [0.25, 0.3) is 0 Å². The van der Waals surface area contributed by atoms with Crippen LogP contribution in [0.1, 0.15) is 51.9 Å². The number of rotatable bonds is 13. The zero-order valence-corrected chi connectivity index (χ0v) is 14.3. The van der Waals surface area contributed by atoms with Crippen molar-refractivity contribution in [2.75, 3.05) is 20.2 Å². The minimum Gasteiger partial charge on any atom is -0.394 e. The predicted octanol–water partition coefficient (Wildman–Crippen LogP) is -0.369. The monoisotopic (exact) mass is 335 g/mol. The number of carbonyl (C=O) groups is 1. The third-order valence-electron chi connectivity index (χ3n) is 3.96. The number of hydrogen-bond acceptors (Lipinski definition) is 6. The third kappa shape index (κ3) is 9.22. The summed E-state index contributed by atoms with van der Waals surface area (Å²) in [5, 5.41) is 47.0. The highest BCUT2D eigenvalue weighted by Crippen LogP contribution is 2.10. The number of carbonyl (C=O) groups excluding carboxylic acids is 1. The zero-order valence-electron chi connectivity index (χ0n) is 14.3. The van der Waals surface area contributed by atoms with Crippen LogP contribution in [0.4, 0.5) is 0 Å². The minimum atomic E-state index is -1.67. The maximum absolute atomic E-state index is 11.9. The molecular weight excluding hydrogens is 302 g/mol. The molecule has 0 aromatic rings. The topological polar surface area (TPSA) is 121 Å². The molecule has 0 aliphatic carbocycles. The van der Waals surface area contributed by atoms with Crippen molar-refractivity contribution in [2.24, 2.45) is 0 Å². The van der Waals surface area contributed by atoms with E-state index in [0.29, 0.717) is 6.42 Å². The van der Waals surface area contributed by atoms with Crippen molar-refractivity contribution in [3.8, 4) is 0 Å². The summed E-state index contributed by atoms with van der Waals surface area (Å²) in [5.74, 6) is -0.135. The lowest BCUT2D eigenvalue weighted by atomic mass is 10.0. The van der Waals surface area contributed by atoms with Crippen molar-refractivity contribution in [3.63, 3.8) is 0 Å². The second kappa shape index (κ2) is 12.7. The maximum atomic E-state index is 11.9. The quantitative estimate of drug-likeness (QED) is 0.293. The number of amides is 1. The molecule has 0 saturated heterocycles. The molecule has 0 radical (unpaired) electrons. The van der Waals surface area contributed by atoms with Gasteiger partial charge in [-0.1, -0.05) is 39.0 Å². The average Bonchev–Trinajstić information content (AvgIpc) is 2.55. The van der Waals surface area contributed by atoms with Crippen LogP contribution in [0.25, 0.3) is 0 Å². The van der Waals surface area contributed by atoms with Gasteiger partial charge in [-0.3, -0.25) is 4.79 Å². The van der Waals surface area contributed by atoms with Gasteiger partial charge in [0.1, 0.15) is 24.4 Å². The minimum absolute atomic E-state index is 0.135. The fraction of sp³-hybridized carbons (Fsp3) is 0.938. The summed E-state index contributed by atoms with van der Waals surface area (Å²) in [6.45, 7) is 1.28. The number of hydrogen-bond donors (Lipinski definition) is 5. The van der Waals surface area contributed by atoms with E-state index in [1.807, 2.05) is 0 Å². The molecule has 4 atom stereocenters. The zero-order chi connectivity index (χ0) is 17.8. The van der Waals surface area contributed by atoms with Crippen molar-refractivity contribution in [2.45, 2.75) is 76.3 Å². The molecule has 1 amide bonds. The van der Waals surface area contributed by atoms with E-state index in [2.05, 4.69) is 6.92 Å². The summed E-state index contributed by atoms with van der Waals surface area (Å²) in [4.78, 5) is 13.2. The molecule has 0 fully saturated rings. The van der Waals surface area contributed by atoms with Crippen LogP contribution in [-0.2, 0) is 4.79 Å². The van der Waals surface area contributed by atoms with Crippen LogP contribution in [0, 0.1) is 0 Å². The van der Waals surface area contributed by atoms with E-state index in [0.717, 1.165) is 19.3 Å². The molecular formula is C16H33NO6. The van der Waals surface area contributed by atoms with Gasteiger partial charge in [0.15, 0.2) is 0 Å². The van der Waals surface area contributed by atoms with Crippen LogP contribution in [0.5, 0.6) is 0 Å². The normalized spacial score (nSPS) is 16.7. The Labute approximate surface area is 138 Å². The second-order valence-electron chi connectivity index (χ2n) is 6.09. The molecule has 0 bridgehead atoms. The Morgan fingerprint density at radius 2 is 1.43 bits per heavy atom. The molecule has 0 heterocycles. The number of aliphatic hydroxyl groups is 5. The van der Waals surface area contributed by atoms with Crippen molar-refractivity contribution in [1.29, 1.82) is 0 Å². The summed E-state index contributed by atoms with van der Waals surface area (Å²) in [5.41, 5.74) is 0. The first-order valence-corrected chi connectivity index (χ1v) is 8.42. The third-order valence-corrected chi connectivity index (χ3v) is 3.96. The average molecular weight is 335 g/mol. The fourth-order valence-electron chi connectivity index (χ4n) is 2.30. The molecule has 0 aromatic heterocycles. The number of likely N-dealkylation sites (N-methyl/N-ethyl adjacent to an activating group) is 1. The van der Waals surface area contributed by atoms with E-state index in [1.165, 1.54) is 31.2 Å². The fourth-order valence-corrected chi connectivity index (χ4v) is 2.30. The summed E-state index contributed by atoms with van der Waals surface area (Å²) >= 11 is 0. The molecule has 0 saturated carbocycles. The molecule has 0 aromatic carbocycles. The molecule has 7 nitrogen and oxygen atoms in total. The summed E-state index contributed by atoms with van der Waals surface area (Å²) in [7, 11) is 1.52. The summed E-state index contributed by atoms with van der Waals surface area (Å²) in [6.07, 6.45) is 0.593. The van der Waals surface area contributed by atoms with Gasteiger partial charge in [-0.2, -0.15) is 0 Å². The maximum Gasteiger partial charge on any atom is 0.222 e. The molecule has 0 rings (SSSR count). The van der Waals surface area contributed by atoms with E-state index < -0.39 is 31.0 Å². The van der Waals surface area contributed by atoms with Crippen LogP contribution < -0.4 is 0 Å². The van der Waals surface area contributed by atoms with Gasteiger partial charge in [-0.05, 0) is 6.42 Å². The first-order chi connectivity index (χ1) is 10.8. The van der Waals surface area contributed by atoms with Gasteiger partial charge in [-0.15, -0.1) is 0 Å². The van der Waals surface area contributed by atoms with Gasteiger partial charge < -0.3 is 30.4 Å². The molecule has 138 valence electrons.